The molecule has 2 aromatic rings. The molecule has 4 heteroatoms. The Morgan fingerprint density at radius 1 is 1.30 bits per heavy atom. The molecule has 0 aliphatic carbocycles. The van der Waals surface area contributed by atoms with Crippen LogP contribution in [0, 0.1) is 6.92 Å². The van der Waals surface area contributed by atoms with Crippen LogP contribution in [0.2, 0.25) is 0 Å². The molecule has 1 atom stereocenters. The second-order valence-corrected chi connectivity index (χ2v) is 5.88. The number of aliphatic hydroxyl groups excluding tert-OH is 1. The number of aromatic nitrogens is 2. The maximum absolute atomic E-state index is 10.4. The van der Waals surface area contributed by atoms with Crippen molar-refractivity contribution in [2.75, 3.05) is 0 Å². The molecule has 0 saturated heterocycles. The van der Waals surface area contributed by atoms with Gasteiger partial charge in [-0.2, -0.15) is 5.10 Å². The fourth-order valence-corrected chi connectivity index (χ4v) is 2.56. The highest BCUT2D eigenvalue weighted by Crippen LogP contribution is 2.24. The quantitative estimate of drug-likeness (QED) is 0.901. The van der Waals surface area contributed by atoms with Crippen molar-refractivity contribution in [3.63, 3.8) is 0 Å². The fraction of sp³-hybridized carbons (Fsp3) is 0.438. The molecule has 1 unspecified atom stereocenters. The third-order valence-electron chi connectivity index (χ3n) is 3.54. The Morgan fingerprint density at radius 3 is 2.65 bits per heavy atom. The minimum atomic E-state index is -0.492. The van der Waals surface area contributed by atoms with Gasteiger partial charge in [0.25, 0.3) is 0 Å². The van der Waals surface area contributed by atoms with Crippen molar-refractivity contribution in [2.45, 2.75) is 46.3 Å². The molecule has 2 rings (SSSR count). The number of aryl methyl sites for hydroxylation is 3. The topological polar surface area (TPSA) is 38.0 Å². The van der Waals surface area contributed by atoms with E-state index in [-0.39, 0.29) is 0 Å². The molecule has 0 aliphatic heterocycles. The average molecular weight is 337 g/mol. The number of halogens is 1. The zero-order valence-electron chi connectivity index (χ0n) is 12.2. The van der Waals surface area contributed by atoms with Crippen LogP contribution in [0.3, 0.4) is 0 Å². The average Bonchev–Trinajstić information content (AvgIpc) is 2.84. The zero-order chi connectivity index (χ0) is 14.7. The van der Waals surface area contributed by atoms with Crippen LogP contribution in [0.1, 0.15) is 42.5 Å². The molecule has 0 bridgehead atoms. The number of hydrogen-bond acceptors (Lipinski definition) is 2. The summed E-state index contributed by atoms with van der Waals surface area (Å²) < 4.78 is 3.05. The Labute approximate surface area is 128 Å². The largest absolute Gasteiger partial charge is 0.388 e. The van der Waals surface area contributed by atoms with Gasteiger partial charge in [0.05, 0.1) is 11.8 Å². The van der Waals surface area contributed by atoms with Crippen LogP contribution < -0.4 is 0 Å². The van der Waals surface area contributed by atoms with Crippen LogP contribution in [0.4, 0.5) is 0 Å². The Balaban J connectivity index is 2.20. The third kappa shape index (κ3) is 3.30. The van der Waals surface area contributed by atoms with Crippen molar-refractivity contribution in [1.29, 1.82) is 0 Å². The molecule has 0 amide bonds. The van der Waals surface area contributed by atoms with Crippen LogP contribution in [0.15, 0.2) is 28.7 Å². The summed E-state index contributed by atoms with van der Waals surface area (Å²) in [5, 5.41) is 15.0. The highest BCUT2D eigenvalue weighted by molar-refractivity contribution is 9.10. The summed E-state index contributed by atoms with van der Waals surface area (Å²) in [6, 6.07) is 8.08. The molecule has 3 nitrogen and oxygen atoms in total. The molecule has 0 radical (unpaired) electrons. The number of aliphatic hydroxyl groups is 1. The van der Waals surface area contributed by atoms with Gasteiger partial charge in [-0.15, -0.1) is 0 Å². The van der Waals surface area contributed by atoms with E-state index < -0.39 is 6.10 Å². The first-order valence-corrected chi connectivity index (χ1v) is 7.84. The van der Waals surface area contributed by atoms with Crippen molar-refractivity contribution in [3.05, 3.63) is 51.3 Å². The van der Waals surface area contributed by atoms with Gasteiger partial charge in [0.1, 0.15) is 0 Å². The van der Waals surface area contributed by atoms with Gasteiger partial charge < -0.3 is 5.11 Å². The minimum absolute atomic E-state index is 0.492. The number of rotatable bonds is 5. The number of benzene rings is 1. The van der Waals surface area contributed by atoms with Crippen molar-refractivity contribution in [1.82, 2.24) is 9.78 Å². The molecule has 108 valence electrons. The fourth-order valence-electron chi connectivity index (χ4n) is 2.32. The first-order valence-electron chi connectivity index (χ1n) is 7.04. The van der Waals surface area contributed by atoms with Crippen LogP contribution in [-0.4, -0.2) is 14.9 Å². The summed E-state index contributed by atoms with van der Waals surface area (Å²) in [6.07, 6.45) is 1.03. The smallest absolute Gasteiger partial charge is 0.0845 e. The summed E-state index contributed by atoms with van der Waals surface area (Å²) in [5.41, 5.74) is 4.27. The summed E-state index contributed by atoms with van der Waals surface area (Å²) in [5.74, 6) is 0. The van der Waals surface area contributed by atoms with E-state index in [1.165, 1.54) is 0 Å². The van der Waals surface area contributed by atoms with E-state index in [0.717, 1.165) is 40.0 Å². The summed E-state index contributed by atoms with van der Waals surface area (Å²) in [7, 11) is 0. The minimum Gasteiger partial charge on any atom is -0.388 e. The predicted molar refractivity (Wildman–Crippen MR) is 84.8 cm³/mol. The first-order chi connectivity index (χ1) is 9.55. The number of hydrogen-bond donors (Lipinski definition) is 1. The molecular weight excluding hydrogens is 316 g/mol. The highest BCUT2D eigenvalue weighted by atomic mass is 79.9. The Kier molecular flexibility index (Phi) is 5.00. The summed E-state index contributed by atoms with van der Waals surface area (Å²) in [4.78, 5) is 0. The van der Waals surface area contributed by atoms with Crippen molar-refractivity contribution >= 4 is 15.9 Å². The lowest BCUT2D eigenvalue weighted by Gasteiger charge is -2.13. The summed E-state index contributed by atoms with van der Waals surface area (Å²) in [6.45, 7) is 7.04. The predicted octanol–water partition coefficient (Wildman–Crippen LogP) is 3.81. The van der Waals surface area contributed by atoms with E-state index in [1.54, 1.807) is 0 Å². The van der Waals surface area contributed by atoms with Gasteiger partial charge in [-0.25, -0.2) is 0 Å². The van der Waals surface area contributed by atoms with Gasteiger partial charge in [0, 0.05) is 23.1 Å². The molecule has 1 heterocycles. The SMILES string of the molecule is CCc1cc(CC(O)c2ccc(Br)c(C)c2)n(CC)n1. The lowest BCUT2D eigenvalue weighted by atomic mass is 10.0. The van der Waals surface area contributed by atoms with Gasteiger partial charge in [0.2, 0.25) is 0 Å². The van der Waals surface area contributed by atoms with Crippen molar-refractivity contribution in [3.8, 4) is 0 Å². The lowest BCUT2D eigenvalue weighted by Crippen LogP contribution is -2.08. The van der Waals surface area contributed by atoms with Crippen LogP contribution >= 0.6 is 15.9 Å². The Hall–Kier alpha value is -1.13. The van der Waals surface area contributed by atoms with E-state index >= 15 is 0 Å². The molecule has 0 fully saturated rings. The Morgan fingerprint density at radius 2 is 2.05 bits per heavy atom. The van der Waals surface area contributed by atoms with Gasteiger partial charge >= 0.3 is 0 Å². The lowest BCUT2D eigenvalue weighted by molar-refractivity contribution is 0.175. The van der Waals surface area contributed by atoms with Crippen LogP contribution in [-0.2, 0) is 19.4 Å². The second-order valence-electron chi connectivity index (χ2n) is 5.02. The summed E-state index contributed by atoms with van der Waals surface area (Å²) >= 11 is 3.49. The van der Waals surface area contributed by atoms with E-state index in [9.17, 15) is 5.11 Å². The third-order valence-corrected chi connectivity index (χ3v) is 4.43. The van der Waals surface area contributed by atoms with Crippen molar-refractivity contribution in [2.24, 2.45) is 0 Å². The van der Waals surface area contributed by atoms with E-state index in [4.69, 9.17) is 0 Å². The van der Waals surface area contributed by atoms with Crippen LogP contribution in [0.25, 0.3) is 0 Å². The van der Waals surface area contributed by atoms with E-state index in [2.05, 4.69) is 40.9 Å². The molecular formula is C16H21BrN2O. The molecule has 0 aliphatic rings. The van der Waals surface area contributed by atoms with Gasteiger partial charge in [-0.1, -0.05) is 35.0 Å². The monoisotopic (exact) mass is 336 g/mol. The highest BCUT2D eigenvalue weighted by Gasteiger charge is 2.14. The molecule has 1 N–H and O–H groups in total. The maximum atomic E-state index is 10.4. The number of nitrogens with zero attached hydrogens (tertiary/aromatic N) is 2. The first kappa shape index (κ1) is 15.3. The molecule has 0 saturated carbocycles. The standard InChI is InChI=1S/C16H21BrN2O/c1-4-13-9-14(19(5-2)18-13)10-16(20)12-6-7-15(17)11(3)8-12/h6-9,16,20H,4-5,10H2,1-3H3. The van der Waals surface area contributed by atoms with Crippen molar-refractivity contribution < 1.29 is 5.11 Å². The molecule has 1 aromatic carbocycles. The maximum Gasteiger partial charge on any atom is 0.0845 e. The zero-order valence-corrected chi connectivity index (χ0v) is 13.8. The molecule has 1 aromatic heterocycles. The second kappa shape index (κ2) is 6.55. The molecule has 0 spiro atoms. The molecule has 20 heavy (non-hydrogen) atoms. The van der Waals surface area contributed by atoms with Gasteiger partial charge in [-0.3, -0.25) is 4.68 Å². The normalized spacial score (nSPS) is 12.7. The van der Waals surface area contributed by atoms with E-state index in [0.29, 0.717) is 6.42 Å². The van der Waals surface area contributed by atoms with Gasteiger partial charge in [-0.05, 0) is 43.5 Å². The van der Waals surface area contributed by atoms with Gasteiger partial charge in [0.15, 0.2) is 0 Å². The Bertz CT molecular complexity index is 592. The van der Waals surface area contributed by atoms with Crippen LogP contribution in [0.5, 0.6) is 0 Å². The van der Waals surface area contributed by atoms with E-state index in [1.807, 2.05) is 29.8 Å².